The fraction of sp³-hybridized carbons (Fsp3) is 0.714. The van der Waals surface area contributed by atoms with Crippen LogP contribution in [-0.4, -0.2) is 59.1 Å². The van der Waals surface area contributed by atoms with Crippen LogP contribution in [0.5, 0.6) is 5.88 Å². The van der Waals surface area contributed by atoms with Gasteiger partial charge in [-0.2, -0.15) is 4.98 Å². The lowest BCUT2D eigenvalue weighted by atomic mass is 10.0. The Bertz CT molecular complexity index is 529. The summed E-state index contributed by atoms with van der Waals surface area (Å²) in [5, 5.41) is 11.5. The van der Waals surface area contributed by atoms with Gasteiger partial charge in [-0.3, -0.25) is 10.1 Å². The van der Waals surface area contributed by atoms with Crippen molar-refractivity contribution in [2.24, 2.45) is 0 Å². The highest BCUT2D eigenvalue weighted by Gasteiger charge is 2.31. The number of hydrogen-bond acceptors (Lipinski definition) is 7. The Hall–Kier alpha value is -1.96. The molecular formula is C14H23N5O3. The van der Waals surface area contributed by atoms with Crippen molar-refractivity contribution in [3.63, 3.8) is 0 Å². The van der Waals surface area contributed by atoms with E-state index in [0.717, 1.165) is 25.9 Å². The molecule has 1 saturated heterocycles. The Morgan fingerprint density at radius 2 is 2.05 bits per heavy atom. The molecular weight excluding hydrogens is 286 g/mol. The summed E-state index contributed by atoms with van der Waals surface area (Å²) in [5.74, 6) is 0.356. The minimum Gasteiger partial charge on any atom is -0.470 e. The fourth-order valence-electron chi connectivity index (χ4n) is 2.64. The number of anilines is 1. The molecule has 1 aliphatic rings. The van der Waals surface area contributed by atoms with Gasteiger partial charge in [-0.05, 0) is 46.8 Å². The summed E-state index contributed by atoms with van der Waals surface area (Å²) in [4.78, 5) is 23.2. The second kappa shape index (κ2) is 6.87. The molecule has 0 atom stereocenters. The molecule has 1 aliphatic heterocycles. The van der Waals surface area contributed by atoms with E-state index >= 15 is 0 Å². The van der Waals surface area contributed by atoms with Gasteiger partial charge in [-0.1, -0.05) is 0 Å². The lowest BCUT2D eigenvalue weighted by Gasteiger charge is -2.35. The van der Waals surface area contributed by atoms with Gasteiger partial charge < -0.3 is 14.5 Å². The molecule has 0 unspecified atom stereocenters. The van der Waals surface area contributed by atoms with E-state index in [2.05, 4.69) is 21.9 Å². The van der Waals surface area contributed by atoms with Crippen molar-refractivity contribution in [1.82, 2.24) is 14.9 Å². The molecule has 0 saturated carbocycles. The monoisotopic (exact) mass is 309 g/mol. The summed E-state index contributed by atoms with van der Waals surface area (Å²) in [6, 6.07) is 0.233. The molecule has 1 aromatic rings. The smallest absolute Gasteiger partial charge is 0.372 e. The molecule has 1 aromatic heterocycles. The van der Waals surface area contributed by atoms with E-state index < -0.39 is 4.92 Å². The predicted molar refractivity (Wildman–Crippen MR) is 83.4 cm³/mol. The summed E-state index contributed by atoms with van der Waals surface area (Å²) < 4.78 is 5.47. The van der Waals surface area contributed by atoms with E-state index in [1.54, 1.807) is 0 Å². The first-order chi connectivity index (χ1) is 10.4. The highest BCUT2D eigenvalue weighted by molar-refractivity contribution is 5.62. The second-order valence-corrected chi connectivity index (χ2v) is 5.92. The van der Waals surface area contributed by atoms with Crippen LogP contribution in [0.2, 0.25) is 0 Å². The van der Waals surface area contributed by atoms with Crippen molar-refractivity contribution in [3.05, 3.63) is 16.4 Å². The Morgan fingerprint density at radius 3 is 2.59 bits per heavy atom. The van der Waals surface area contributed by atoms with Crippen LogP contribution in [-0.2, 0) is 0 Å². The lowest BCUT2D eigenvalue weighted by Crippen LogP contribution is -2.42. The molecule has 0 amide bonds. The summed E-state index contributed by atoms with van der Waals surface area (Å²) in [7, 11) is 3.93. The Kier molecular flexibility index (Phi) is 5.12. The second-order valence-electron chi connectivity index (χ2n) is 5.92. The van der Waals surface area contributed by atoms with Crippen LogP contribution in [0.25, 0.3) is 0 Å². The Balaban J connectivity index is 2.31. The van der Waals surface area contributed by atoms with Gasteiger partial charge in [-0.25, -0.2) is 4.98 Å². The zero-order valence-electron chi connectivity index (χ0n) is 13.5. The van der Waals surface area contributed by atoms with Gasteiger partial charge in [0.1, 0.15) is 6.33 Å². The number of piperidine rings is 1. The summed E-state index contributed by atoms with van der Waals surface area (Å²) in [6.07, 6.45) is 3.05. The minimum atomic E-state index is -0.460. The van der Waals surface area contributed by atoms with E-state index in [4.69, 9.17) is 4.74 Å². The quantitative estimate of drug-likeness (QED) is 0.604. The molecule has 122 valence electrons. The average Bonchev–Trinajstić information content (AvgIpc) is 2.46. The minimum absolute atomic E-state index is 0.0322. The van der Waals surface area contributed by atoms with E-state index in [1.165, 1.54) is 6.33 Å². The predicted octanol–water partition coefficient (Wildman–Crippen LogP) is 1.70. The van der Waals surface area contributed by atoms with Crippen molar-refractivity contribution in [1.29, 1.82) is 0 Å². The van der Waals surface area contributed by atoms with Crippen LogP contribution in [0.15, 0.2) is 6.33 Å². The zero-order chi connectivity index (χ0) is 16.3. The third-order valence-corrected chi connectivity index (χ3v) is 3.87. The standard InChI is InChI=1S/C14H23N5O3/c1-10(2)22-14-12(19(20)21)13(15-9-16-14)18(4)11-5-7-17(3)8-6-11/h9-11H,5-8H2,1-4H3. The van der Waals surface area contributed by atoms with Gasteiger partial charge in [-0.15, -0.1) is 0 Å². The third-order valence-electron chi connectivity index (χ3n) is 3.87. The summed E-state index contributed by atoms with van der Waals surface area (Å²) in [5.41, 5.74) is -0.155. The average molecular weight is 309 g/mol. The molecule has 0 bridgehead atoms. The molecule has 0 spiro atoms. The summed E-state index contributed by atoms with van der Waals surface area (Å²) >= 11 is 0. The number of ether oxygens (including phenoxy) is 1. The molecule has 1 fully saturated rings. The van der Waals surface area contributed by atoms with E-state index in [9.17, 15) is 10.1 Å². The Labute approximate surface area is 130 Å². The molecule has 8 nitrogen and oxygen atoms in total. The maximum Gasteiger partial charge on any atom is 0.372 e. The van der Waals surface area contributed by atoms with Gasteiger partial charge in [0.05, 0.1) is 11.0 Å². The van der Waals surface area contributed by atoms with Crippen LogP contribution >= 0.6 is 0 Å². The van der Waals surface area contributed by atoms with Crippen molar-refractivity contribution < 1.29 is 9.66 Å². The number of nitrogens with zero attached hydrogens (tertiary/aromatic N) is 5. The van der Waals surface area contributed by atoms with Crippen LogP contribution in [0.4, 0.5) is 11.5 Å². The van der Waals surface area contributed by atoms with Gasteiger partial charge >= 0.3 is 5.69 Å². The SMILES string of the molecule is CC(C)Oc1ncnc(N(C)C2CCN(C)CC2)c1[N+](=O)[O-]. The highest BCUT2D eigenvalue weighted by atomic mass is 16.6. The maximum absolute atomic E-state index is 11.5. The Morgan fingerprint density at radius 1 is 1.41 bits per heavy atom. The van der Waals surface area contributed by atoms with Crippen molar-refractivity contribution in [3.8, 4) is 5.88 Å². The molecule has 0 radical (unpaired) electrons. The number of hydrogen-bond donors (Lipinski definition) is 0. The van der Waals surface area contributed by atoms with Gasteiger partial charge in [0.25, 0.3) is 5.88 Å². The van der Waals surface area contributed by atoms with Crippen molar-refractivity contribution in [2.45, 2.75) is 38.8 Å². The normalized spacial score (nSPS) is 16.8. The van der Waals surface area contributed by atoms with Crippen molar-refractivity contribution in [2.75, 3.05) is 32.1 Å². The van der Waals surface area contributed by atoms with Crippen LogP contribution in [0.1, 0.15) is 26.7 Å². The van der Waals surface area contributed by atoms with Crippen LogP contribution < -0.4 is 9.64 Å². The topological polar surface area (TPSA) is 84.6 Å². The number of rotatable bonds is 5. The first kappa shape index (κ1) is 16.4. The number of nitro groups is 1. The maximum atomic E-state index is 11.5. The first-order valence-corrected chi connectivity index (χ1v) is 7.47. The van der Waals surface area contributed by atoms with Crippen LogP contribution in [0.3, 0.4) is 0 Å². The fourth-order valence-corrected chi connectivity index (χ4v) is 2.64. The molecule has 0 aromatic carbocycles. The molecule has 8 heteroatoms. The molecule has 0 N–H and O–H groups in total. The van der Waals surface area contributed by atoms with Crippen LogP contribution in [0, 0.1) is 10.1 Å². The van der Waals surface area contributed by atoms with Gasteiger partial charge in [0, 0.05) is 13.1 Å². The molecule has 0 aliphatic carbocycles. The molecule has 2 rings (SSSR count). The van der Waals surface area contributed by atoms with Gasteiger partial charge in [0.15, 0.2) is 0 Å². The highest BCUT2D eigenvalue weighted by Crippen LogP contribution is 2.35. The molecule has 2 heterocycles. The van der Waals surface area contributed by atoms with Gasteiger partial charge in [0.2, 0.25) is 5.82 Å². The van der Waals surface area contributed by atoms with Crippen molar-refractivity contribution >= 4 is 11.5 Å². The first-order valence-electron chi connectivity index (χ1n) is 7.47. The number of aromatic nitrogens is 2. The largest absolute Gasteiger partial charge is 0.470 e. The van der Waals surface area contributed by atoms with E-state index in [1.807, 2.05) is 25.8 Å². The van der Waals surface area contributed by atoms with E-state index in [-0.39, 0.29) is 23.7 Å². The zero-order valence-corrected chi connectivity index (χ0v) is 13.5. The number of likely N-dealkylation sites (tertiary alicyclic amines) is 1. The summed E-state index contributed by atoms with van der Waals surface area (Å²) in [6.45, 7) is 5.57. The third kappa shape index (κ3) is 3.62. The van der Waals surface area contributed by atoms with E-state index in [0.29, 0.717) is 5.82 Å². The lowest BCUT2D eigenvalue weighted by molar-refractivity contribution is -0.385. The molecule has 22 heavy (non-hydrogen) atoms.